The van der Waals surface area contributed by atoms with E-state index >= 15 is 0 Å². The minimum absolute atomic E-state index is 0.0605. The molecular weight excluding hydrogens is 372 g/mol. The molecule has 6 nitrogen and oxygen atoms in total. The molecule has 0 radical (unpaired) electrons. The van der Waals surface area contributed by atoms with Crippen molar-refractivity contribution in [1.82, 2.24) is 9.97 Å². The van der Waals surface area contributed by atoms with Crippen molar-refractivity contribution in [2.45, 2.75) is 37.0 Å². The summed E-state index contributed by atoms with van der Waals surface area (Å²) >= 11 is 1.92. The molecule has 1 aromatic carbocycles. The monoisotopic (exact) mass is 400 g/mol. The summed E-state index contributed by atoms with van der Waals surface area (Å²) in [6.45, 7) is 4.68. The Morgan fingerprint density at radius 3 is 2.75 bits per heavy atom. The Kier molecular flexibility index (Phi) is 5.75. The minimum atomic E-state index is 0.0605. The molecule has 1 saturated carbocycles. The first-order chi connectivity index (χ1) is 13.6. The summed E-state index contributed by atoms with van der Waals surface area (Å²) in [5, 5.41) is 9.15. The number of benzene rings is 1. The summed E-state index contributed by atoms with van der Waals surface area (Å²) < 4.78 is 5.67. The molecule has 150 valence electrons. The van der Waals surface area contributed by atoms with Gasteiger partial charge in [0.05, 0.1) is 29.7 Å². The highest BCUT2D eigenvalue weighted by Gasteiger charge is 2.46. The van der Waals surface area contributed by atoms with Crippen LogP contribution in [0.25, 0.3) is 11.4 Å². The lowest BCUT2D eigenvalue weighted by Gasteiger charge is -2.34. The van der Waals surface area contributed by atoms with Crippen LogP contribution >= 0.6 is 11.8 Å². The van der Waals surface area contributed by atoms with Crippen LogP contribution < -0.4 is 10.6 Å². The highest BCUT2D eigenvalue weighted by atomic mass is 32.2. The summed E-state index contributed by atoms with van der Waals surface area (Å²) in [4.78, 5) is 12.2. The smallest absolute Gasteiger partial charge is 0.161 e. The SMILES string of the molecule is CC1COCCN1c1cc(C2(SCCCO)CC2)nc(-c2ccc(N)cc2)n1. The molecule has 0 amide bonds. The molecule has 2 fully saturated rings. The third-order valence-electron chi connectivity index (χ3n) is 5.40. The van der Waals surface area contributed by atoms with Crippen molar-refractivity contribution in [2.24, 2.45) is 0 Å². The normalized spacial score (nSPS) is 20.9. The number of morpholine rings is 1. The largest absolute Gasteiger partial charge is 0.399 e. The van der Waals surface area contributed by atoms with Gasteiger partial charge < -0.3 is 20.5 Å². The van der Waals surface area contributed by atoms with E-state index in [1.165, 1.54) is 0 Å². The van der Waals surface area contributed by atoms with Gasteiger partial charge in [0, 0.05) is 30.5 Å². The quantitative estimate of drug-likeness (QED) is 0.546. The van der Waals surface area contributed by atoms with Crippen LogP contribution in [-0.4, -0.2) is 53.2 Å². The molecule has 1 saturated heterocycles. The average molecular weight is 401 g/mol. The topological polar surface area (TPSA) is 84.5 Å². The minimum Gasteiger partial charge on any atom is -0.399 e. The fourth-order valence-corrected chi connectivity index (χ4v) is 4.87. The number of aliphatic hydroxyl groups excluding tert-OH is 1. The van der Waals surface area contributed by atoms with E-state index in [2.05, 4.69) is 17.9 Å². The lowest BCUT2D eigenvalue weighted by atomic mass is 10.1. The zero-order chi connectivity index (χ0) is 19.6. The summed E-state index contributed by atoms with van der Waals surface area (Å²) in [6, 6.07) is 10.2. The summed E-state index contributed by atoms with van der Waals surface area (Å²) in [7, 11) is 0. The van der Waals surface area contributed by atoms with Crippen LogP contribution in [0.4, 0.5) is 11.5 Å². The van der Waals surface area contributed by atoms with Gasteiger partial charge in [0.2, 0.25) is 0 Å². The van der Waals surface area contributed by atoms with Gasteiger partial charge >= 0.3 is 0 Å². The Hall–Kier alpha value is -1.83. The van der Waals surface area contributed by atoms with Crippen LogP contribution in [-0.2, 0) is 9.48 Å². The van der Waals surface area contributed by atoms with Crippen LogP contribution in [0.1, 0.15) is 31.9 Å². The third kappa shape index (κ3) is 4.11. The first-order valence-electron chi connectivity index (χ1n) is 9.96. The van der Waals surface area contributed by atoms with Crippen molar-refractivity contribution in [3.8, 4) is 11.4 Å². The Morgan fingerprint density at radius 2 is 2.07 bits per heavy atom. The number of ether oxygens (including phenoxy) is 1. The summed E-state index contributed by atoms with van der Waals surface area (Å²) in [6.07, 6.45) is 3.06. The Balaban J connectivity index is 1.72. The number of thioether (sulfide) groups is 1. The third-order valence-corrected chi connectivity index (χ3v) is 7.06. The molecule has 1 aliphatic heterocycles. The molecule has 7 heteroatoms. The molecule has 0 bridgehead atoms. The van der Waals surface area contributed by atoms with Gasteiger partial charge in [0.15, 0.2) is 5.82 Å². The molecule has 2 aliphatic rings. The van der Waals surface area contributed by atoms with Crippen LogP contribution in [0.5, 0.6) is 0 Å². The second kappa shape index (κ2) is 8.27. The summed E-state index contributed by atoms with van der Waals surface area (Å²) in [5.74, 6) is 2.67. The van der Waals surface area contributed by atoms with Gasteiger partial charge in [-0.25, -0.2) is 9.97 Å². The van der Waals surface area contributed by atoms with Gasteiger partial charge in [-0.2, -0.15) is 0 Å². The molecule has 1 aromatic heterocycles. The molecular formula is C21H28N4O2S. The number of aromatic nitrogens is 2. The molecule has 28 heavy (non-hydrogen) atoms. The number of nitrogens with two attached hydrogens (primary N) is 1. The van der Waals surface area contributed by atoms with E-state index < -0.39 is 0 Å². The summed E-state index contributed by atoms with van der Waals surface area (Å²) in [5.41, 5.74) is 8.68. The van der Waals surface area contributed by atoms with Crippen LogP contribution in [0.3, 0.4) is 0 Å². The van der Waals surface area contributed by atoms with Gasteiger partial charge in [0.25, 0.3) is 0 Å². The molecule has 2 heterocycles. The predicted molar refractivity (Wildman–Crippen MR) is 115 cm³/mol. The maximum absolute atomic E-state index is 9.15. The van der Waals surface area contributed by atoms with Crippen LogP contribution in [0, 0.1) is 0 Å². The fraction of sp³-hybridized carbons (Fsp3) is 0.524. The molecule has 1 aliphatic carbocycles. The zero-order valence-corrected chi connectivity index (χ0v) is 17.1. The highest BCUT2D eigenvalue weighted by molar-refractivity contribution is 8.00. The standard InChI is InChI=1S/C21H28N4O2S/c1-15-14-27-11-9-25(15)19-13-18(21(7-8-21)28-12-2-10-26)23-20(24-19)16-3-5-17(22)6-4-16/h3-6,13,15,26H,2,7-12,14,22H2,1H3. The van der Waals surface area contributed by atoms with Crippen molar-refractivity contribution >= 4 is 23.3 Å². The van der Waals surface area contributed by atoms with E-state index in [1.807, 2.05) is 36.0 Å². The molecule has 1 atom stereocenters. The molecule has 4 rings (SSSR count). The predicted octanol–water partition coefficient (Wildman–Crippen LogP) is 3.06. The van der Waals surface area contributed by atoms with Gasteiger partial charge in [-0.05, 0) is 56.2 Å². The number of nitrogens with zero attached hydrogens (tertiary/aromatic N) is 3. The van der Waals surface area contributed by atoms with E-state index in [4.69, 9.17) is 25.5 Å². The van der Waals surface area contributed by atoms with Gasteiger partial charge in [-0.3, -0.25) is 0 Å². The van der Waals surface area contributed by atoms with Gasteiger partial charge in [-0.1, -0.05) is 0 Å². The highest BCUT2D eigenvalue weighted by Crippen LogP contribution is 2.57. The van der Waals surface area contributed by atoms with Crippen LogP contribution in [0.2, 0.25) is 0 Å². The van der Waals surface area contributed by atoms with Crippen molar-refractivity contribution < 1.29 is 9.84 Å². The van der Waals surface area contributed by atoms with E-state index in [0.717, 1.165) is 66.8 Å². The van der Waals surface area contributed by atoms with Crippen molar-refractivity contribution in [3.63, 3.8) is 0 Å². The van der Waals surface area contributed by atoms with Gasteiger partial charge in [-0.15, -0.1) is 11.8 Å². The molecule has 1 unspecified atom stereocenters. The van der Waals surface area contributed by atoms with Crippen LogP contribution in [0.15, 0.2) is 30.3 Å². The lowest BCUT2D eigenvalue weighted by Crippen LogP contribution is -2.44. The Bertz CT molecular complexity index is 811. The molecule has 3 N–H and O–H groups in total. The average Bonchev–Trinajstić information content (AvgIpc) is 3.50. The van der Waals surface area contributed by atoms with Crippen molar-refractivity contribution in [2.75, 3.05) is 42.8 Å². The second-order valence-corrected chi connectivity index (χ2v) is 9.07. The number of hydrogen-bond donors (Lipinski definition) is 2. The van der Waals surface area contributed by atoms with Crippen molar-refractivity contribution in [3.05, 3.63) is 36.0 Å². The number of hydrogen-bond acceptors (Lipinski definition) is 7. The molecule has 0 spiro atoms. The first kappa shape index (κ1) is 19.5. The van der Waals surface area contributed by atoms with Crippen molar-refractivity contribution in [1.29, 1.82) is 0 Å². The lowest BCUT2D eigenvalue weighted by molar-refractivity contribution is 0.0985. The number of rotatable bonds is 7. The second-order valence-electron chi connectivity index (χ2n) is 7.59. The van der Waals surface area contributed by atoms with E-state index in [9.17, 15) is 0 Å². The maximum atomic E-state index is 9.15. The van der Waals surface area contributed by atoms with E-state index in [0.29, 0.717) is 6.61 Å². The number of anilines is 2. The van der Waals surface area contributed by atoms with E-state index in [1.54, 1.807) is 0 Å². The van der Waals surface area contributed by atoms with E-state index in [-0.39, 0.29) is 17.4 Å². The van der Waals surface area contributed by atoms with Gasteiger partial charge in [0.1, 0.15) is 5.82 Å². The number of nitrogen functional groups attached to an aromatic ring is 1. The number of aliphatic hydroxyl groups is 1. The molecule has 2 aromatic rings. The zero-order valence-electron chi connectivity index (χ0n) is 16.3. The fourth-order valence-electron chi connectivity index (χ4n) is 3.56. The Labute approximate surface area is 170 Å². The maximum Gasteiger partial charge on any atom is 0.161 e. The first-order valence-corrected chi connectivity index (χ1v) is 10.9. The Morgan fingerprint density at radius 1 is 1.29 bits per heavy atom.